The number of nitrogens with two attached hydrogens (primary N) is 1. The highest BCUT2D eigenvalue weighted by molar-refractivity contribution is 5.86. The number of carbonyl (C=O) groups is 1. The molecule has 1 amide bonds. The van der Waals surface area contributed by atoms with Crippen molar-refractivity contribution in [2.24, 2.45) is 11.1 Å². The van der Waals surface area contributed by atoms with Crippen molar-refractivity contribution < 1.29 is 13.6 Å². The molecule has 1 aliphatic rings. The van der Waals surface area contributed by atoms with Gasteiger partial charge in [-0.15, -0.1) is 0 Å². The minimum atomic E-state index is -0.656. The first-order valence-electron chi connectivity index (χ1n) is 9.43. The molecule has 3 nitrogen and oxygen atoms in total. The summed E-state index contributed by atoms with van der Waals surface area (Å²) in [5, 5.41) is 0. The second-order valence-corrected chi connectivity index (χ2v) is 8.51. The lowest BCUT2D eigenvalue weighted by Crippen LogP contribution is -2.45. The lowest BCUT2D eigenvalue weighted by Gasteiger charge is -2.30. The van der Waals surface area contributed by atoms with E-state index in [4.69, 9.17) is 5.73 Å². The van der Waals surface area contributed by atoms with E-state index in [1.165, 1.54) is 6.07 Å². The maximum Gasteiger partial charge on any atom is 0.240 e. The van der Waals surface area contributed by atoms with Gasteiger partial charge in [-0.2, -0.15) is 0 Å². The van der Waals surface area contributed by atoms with E-state index in [9.17, 15) is 13.6 Å². The van der Waals surface area contributed by atoms with Crippen LogP contribution in [0.25, 0.3) is 5.57 Å². The molecule has 0 spiro atoms. The molecule has 5 heteroatoms. The van der Waals surface area contributed by atoms with E-state index < -0.39 is 17.7 Å². The quantitative estimate of drug-likeness (QED) is 0.831. The third kappa shape index (κ3) is 4.47. The maximum atomic E-state index is 14.3. The Morgan fingerprint density at radius 3 is 2.50 bits per heavy atom. The average molecular weight is 384 g/mol. The summed E-state index contributed by atoms with van der Waals surface area (Å²) in [7, 11) is 0. The number of nitrogens with zero attached hydrogens (tertiary/aromatic N) is 1. The minimum Gasteiger partial charge on any atom is -0.326 e. The molecule has 2 N–H and O–H groups in total. The fourth-order valence-corrected chi connectivity index (χ4v) is 3.64. The Labute approximate surface area is 164 Å². The zero-order chi connectivity index (χ0) is 20.5. The van der Waals surface area contributed by atoms with Gasteiger partial charge in [-0.3, -0.25) is 4.79 Å². The summed E-state index contributed by atoms with van der Waals surface area (Å²) in [6, 6.07) is 11.9. The Morgan fingerprint density at radius 1 is 1.18 bits per heavy atom. The molecule has 2 aromatic carbocycles. The van der Waals surface area contributed by atoms with Crippen LogP contribution in [0.3, 0.4) is 0 Å². The number of rotatable bonds is 4. The molecule has 0 aromatic heterocycles. The molecular formula is C23H26F2N2O. The second-order valence-electron chi connectivity index (χ2n) is 8.51. The number of halogens is 2. The standard InChI is InChI=1S/C23H26F2N2O/c1-23(2,3)13-20(26)22(28)27-14-16(18-12-17(24)9-10-19(18)25)11-21(27)15-7-5-4-6-8-15/h4-12,20-21H,13-14,26H2,1-3H3. The van der Waals surface area contributed by atoms with Crippen LogP contribution in [0.5, 0.6) is 0 Å². The topological polar surface area (TPSA) is 46.3 Å². The number of hydrogen-bond donors (Lipinski definition) is 1. The Morgan fingerprint density at radius 2 is 1.86 bits per heavy atom. The first kappa shape index (κ1) is 20.2. The van der Waals surface area contributed by atoms with Crippen LogP contribution in [0.4, 0.5) is 8.78 Å². The van der Waals surface area contributed by atoms with Gasteiger partial charge in [-0.05, 0) is 41.2 Å². The van der Waals surface area contributed by atoms with Crippen LogP contribution in [0, 0.1) is 17.0 Å². The molecule has 2 unspecified atom stereocenters. The molecule has 28 heavy (non-hydrogen) atoms. The largest absolute Gasteiger partial charge is 0.326 e. The van der Waals surface area contributed by atoms with Gasteiger partial charge in [0.15, 0.2) is 0 Å². The van der Waals surface area contributed by atoms with E-state index >= 15 is 0 Å². The maximum absolute atomic E-state index is 14.3. The molecule has 2 aromatic rings. The number of amides is 1. The van der Waals surface area contributed by atoms with E-state index in [-0.39, 0.29) is 29.5 Å². The summed E-state index contributed by atoms with van der Waals surface area (Å²) < 4.78 is 28.0. The van der Waals surface area contributed by atoms with Crippen LogP contribution in [0.1, 0.15) is 44.4 Å². The van der Waals surface area contributed by atoms with Crippen molar-refractivity contribution in [2.75, 3.05) is 6.54 Å². The third-order valence-corrected chi connectivity index (χ3v) is 4.88. The first-order chi connectivity index (χ1) is 13.2. The van der Waals surface area contributed by atoms with E-state index in [1.807, 2.05) is 57.2 Å². The average Bonchev–Trinajstić information content (AvgIpc) is 3.07. The lowest BCUT2D eigenvalue weighted by atomic mass is 9.88. The van der Waals surface area contributed by atoms with E-state index in [2.05, 4.69) is 0 Å². The summed E-state index contributed by atoms with van der Waals surface area (Å²) in [6.45, 7) is 6.29. The monoisotopic (exact) mass is 384 g/mol. The fraction of sp³-hybridized carbons (Fsp3) is 0.348. The molecule has 1 heterocycles. The van der Waals surface area contributed by atoms with Crippen molar-refractivity contribution in [1.29, 1.82) is 0 Å². The van der Waals surface area contributed by atoms with E-state index in [1.54, 1.807) is 4.90 Å². The fourth-order valence-electron chi connectivity index (χ4n) is 3.64. The van der Waals surface area contributed by atoms with E-state index in [0.29, 0.717) is 12.0 Å². The molecule has 1 aliphatic heterocycles. The number of hydrogen-bond acceptors (Lipinski definition) is 2. The Hall–Kier alpha value is -2.53. The van der Waals surface area contributed by atoms with Crippen LogP contribution in [0.15, 0.2) is 54.6 Å². The van der Waals surface area contributed by atoms with Gasteiger partial charge >= 0.3 is 0 Å². The summed E-state index contributed by atoms with van der Waals surface area (Å²) in [6.07, 6.45) is 2.36. The molecule has 0 fully saturated rings. The zero-order valence-electron chi connectivity index (χ0n) is 16.5. The number of benzene rings is 2. The van der Waals surface area contributed by atoms with Crippen LogP contribution in [-0.2, 0) is 4.79 Å². The van der Waals surface area contributed by atoms with Crippen LogP contribution >= 0.6 is 0 Å². The first-order valence-corrected chi connectivity index (χ1v) is 9.43. The Balaban J connectivity index is 1.96. The van der Waals surface area contributed by atoms with Crippen LogP contribution in [0.2, 0.25) is 0 Å². The second kappa shape index (κ2) is 7.84. The van der Waals surface area contributed by atoms with Crippen LogP contribution in [-0.4, -0.2) is 23.4 Å². The number of carbonyl (C=O) groups excluding carboxylic acids is 1. The molecule has 148 valence electrons. The van der Waals surface area contributed by atoms with Gasteiger partial charge < -0.3 is 10.6 Å². The van der Waals surface area contributed by atoms with Crippen LogP contribution < -0.4 is 5.73 Å². The van der Waals surface area contributed by atoms with Crippen molar-refractivity contribution in [3.05, 3.63) is 77.4 Å². The Kier molecular flexibility index (Phi) is 5.66. The lowest BCUT2D eigenvalue weighted by molar-refractivity contribution is -0.133. The van der Waals surface area contributed by atoms with Gasteiger partial charge in [0, 0.05) is 12.1 Å². The van der Waals surface area contributed by atoms with Crippen molar-refractivity contribution in [3.8, 4) is 0 Å². The molecule has 0 radical (unpaired) electrons. The van der Waals surface area contributed by atoms with Crippen molar-refractivity contribution in [3.63, 3.8) is 0 Å². The normalized spacial score (nSPS) is 18.1. The highest BCUT2D eigenvalue weighted by Gasteiger charge is 2.35. The van der Waals surface area contributed by atoms with Gasteiger partial charge in [0.2, 0.25) is 5.91 Å². The molecule has 0 saturated heterocycles. The van der Waals surface area contributed by atoms with Gasteiger partial charge in [0.05, 0.1) is 12.1 Å². The van der Waals surface area contributed by atoms with Gasteiger partial charge in [-0.1, -0.05) is 57.2 Å². The molecule has 0 aliphatic carbocycles. The smallest absolute Gasteiger partial charge is 0.240 e. The van der Waals surface area contributed by atoms with Crippen molar-refractivity contribution in [1.82, 2.24) is 4.90 Å². The van der Waals surface area contributed by atoms with Crippen molar-refractivity contribution >= 4 is 11.5 Å². The highest BCUT2D eigenvalue weighted by atomic mass is 19.1. The molecule has 2 atom stereocenters. The van der Waals surface area contributed by atoms with Gasteiger partial charge in [0.25, 0.3) is 0 Å². The summed E-state index contributed by atoms with van der Waals surface area (Å²) in [5.41, 5.74) is 7.79. The Bertz CT molecular complexity index is 887. The third-order valence-electron chi connectivity index (χ3n) is 4.88. The highest BCUT2D eigenvalue weighted by Crippen LogP contribution is 2.36. The predicted octanol–water partition coefficient (Wildman–Crippen LogP) is 4.70. The van der Waals surface area contributed by atoms with Gasteiger partial charge in [-0.25, -0.2) is 8.78 Å². The molecule has 3 rings (SSSR count). The molecule has 0 bridgehead atoms. The SMILES string of the molecule is CC(C)(C)CC(N)C(=O)N1CC(c2cc(F)ccc2F)=CC1c1ccccc1. The zero-order valence-corrected chi connectivity index (χ0v) is 16.5. The van der Waals surface area contributed by atoms with Gasteiger partial charge in [0.1, 0.15) is 11.6 Å². The summed E-state index contributed by atoms with van der Waals surface area (Å²) in [4.78, 5) is 14.8. The molecule has 0 saturated carbocycles. The molecular weight excluding hydrogens is 358 g/mol. The summed E-state index contributed by atoms with van der Waals surface area (Å²) >= 11 is 0. The summed E-state index contributed by atoms with van der Waals surface area (Å²) in [5.74, 6) is -1.21. The predicted molar refractivity (Wildman–Crippen MR) is 107 cm³/mol. The van der Waals surface area contributed by atoms with E-state index in [0.717, 1.165) is 17.7 Å². The van der Waals surface area contributed by atoms with Crippen molar-refractivity contribution in [2.45, 2.75) is 39.3 Å². The minimum absolute atomic E-state index is 0.0953.